The van der Waals surface area contributed by atoms with Gasteiger partial charge in [-0.1, -0.05) is 18.2 Å². The molecular formula is C20H24O3. The molecule has 23 heavy (non-hydrogen) atoms. The standard InChI is InChI=1S/C20H24O3/c1-13-6-8-15(12-21)10-17(13)18-11-16(9-7-14(18)2)19(22)23-20(3,4)5/h6-11,21H,12H2,1-5H3. The van der Waals surface area contributed by atoms with Crippen LogP contribution in [0.25, 0.3) is 11.1 Å². The van der Waals surface area contributed by atoms with E-state index in [0.29, 0.717) is 5.56 Å². The molecule has 1 N–H and O–H groups in total. The SMILES string of the molecule is Cc1ccc(CO)cc1-c1cc(C(=O)OC(C)(C)C)ccc1C. The third kappa shape index (κ3) is 4.20. The first-order valence-corrected chi connectivity index (χ1v) is 7.76. The summed E-state index contributed by atoms with van der Waals surface area (Å²) in [5, 5.41) is 9.37. The van der Waals surface area contributed by atoms with Crippen LogP contribution in [0.3, 0.4) is 0 Å². The van der Waals surface area contributed by atoms with Crippen LogP contribution in [0.15, 0.2) is 36.4 Å². The fourth-order valence-corrected chi connectivity index (χ4v) is 2.43. The number of ether oxygens (including phenoxy) is 1. The molecule has 3 nitrogen and oxygen atoms in total. The Morgan fingerprint density at radius 3 is 2.13 bits per heavy atom. The minimum atomic E-state index is -0.519. The van der Waals surface area contributed by atoms with Gasteiger partial charge >= 0.3 is 5.97 Å². The van der Waals surface area contributed by atoms with E-state index in [9.17, 15) is 9.90 Å². The molecule has 0 aliphatic heterocycles. The Morgan fingerprint density at radius 2 is 1.57 bits per heavy atom. The van der Waals surface area contributed by atoms with Gasteiger partial charge in [0.15, 0.2) is 0 Å². The molecule has 122 valence electrons. The number of carbonyl (C=O) groups is 1. The van der Waals surface area contributed by atoms with E-state index in [0.717, 1.165) is 27.8 Å². The van der Waals surface area contributed by atoms with E-state index >= 15 is 0 Å². The van der Waals surface area contributed by atoms with Crippen LogP contribution < -0.4 is 0 Å². The van der Waals surface area contributed by atoms with Gasteiger partial charge in [-0.15, -0.1) is 0 Å². The van der Waals surface area contributed by atoms with Crippen molar-refractivity contribution in [3.63, 3.8) is 0 Å². The quantitative estimate of drug-likeness (QED) is 0.854. The van der Waals surface area contributed by atoms with Crippen molar-refractivity contribution < 1.29 is 14.6 Å². The molecule has 2 aromatic carbocycles. The zero-order valence-corrected chi connectivity index (χ0v) is 14.4. The number of aliphatic hydroxyl groups excluding tert-OH is 1. The molecule has 3 heteroatoms. The van der Waals surface area contributed by atoms with Crippen molar-refractivity contribution in [3.05, 3.63) is 58.7 Å². The topological polar surface area (TPSA) is 46.5 Å². The summed E-state index contributed by atoms with van der Waals surface area (Å²) in [5.41, 5.74) is 5.07. The normalized spacial score (nSPS) is 11.4. The lowest BCUT2D eigenvalue weighted by Gasteiger charge is -2.20. The minimum absolute atomic E-state index is 0.00190. The first-order chi connectivity index (χ1) is 10.7. The van der Waals surface area contributed by atoms with Crippen LogP contribution in [-0.2, 0) is 11.3 Å². The molecule has 2 aromatic rings. The molecular weight excluding hydrogens is 288 g/mol. The highest BCUT2D eigenvalue weighted by Gasteiger charge is 2.19. The van der Waals surface area contributed by atoms with Gasteiger partial charge in [-0.2, -0.15) is 0 Å². The summed E-state index contributed by atoms with van der Waals surface area (Å²) in [4.78, 5) is 12.3. The van der Waals surface area contributed by atoms with Crippen molar-refractivity contribution in [1.29, 1.82) is 0 Å². The molecule has 0 radical (unpaired) electrons. The number of aliphatic hydroxyl groups is 1. The van der Waals surface area contributed by atoms with Crippen LogP contribution in [0.1, 0.15) is 47.8 Å². The molecule has 0 heterocycles. The molecule has 0 bridgehead atoms. The second-order valence-electron chi connectivity index (χ2n) is 6.84. The summed E-state index contributed by atoms with van der Waals surface area (Å²) in [6, 6.07) is 11.5. The van der Waals surface area contributed by atoms with Crippen molar-refractivity contribution in [2.24, 2.45) is 0 Å². The summed E-state index contributed by atoms with van der Waals surface area (Å²) < 4.78 is 5.45. The Morgan fingerprint density at radius 1 is 1.00 bits per heavy atom. The average molecular weight is 312 g/mol. The van der Waals surface area contributed by atoms with Crippen LogP contribution in [0.2, 0.25) is 0 Å². The number of carbonyl (C=O) groups excluding carboxylic acids is 1. The van der Waals surface area contributed by atoms with Gasteiger partial charge in [0.2, 0.25) is 0 Å². The van der Waals surface area contributed by atoms with Gasteiger partial charge in [0.1, 0.15) is 5.60 Å². The monoisotopic (exact) mass is 312 g/mol. The van der Waals surface area contributed by atoms with Gasteiger partial charge in [-0.05, 0) is 80.6 Å². The first-order valence-electron chi connectivity index (χ1n) is 7.76. The second-order valence-corrected chi connectivity index (χ2v) is 6.84. The third-order valence-corrected chi connectivity index (χ3v) is 3.65. The molecule has 0 unspecified atom stereocenters. The highest BCUT2D eigenvalue weighted by Crippen LogP contribution is 2.29. The Balaban J connectivity index is 2.48. The molecule has 0 amide bonds. The fourth-order valence-electron chi connectivity index (χ4n) is 2.43. The zero-order valence-electron chi connectivity index (χ0n) is 14.4. The van der Waals surface area contributed by atoms with Gasteiger partial charge in [-0.3, -0.25) is 0 Å². The third-order valence-electron chi connectivity index (χ3n) is 3.65. The van der Waals surface area contributed by atoms with E-state index in [1.54, 1.807) is 6.07 Å². The molecule has 2 rings (SSSR count). The van der Waals surface area contributed by atoms with E-state index in [2.05, 4.69) is 0 Å². The van der Waals surface area contributed by atoms with Gasteiger partial charge in [-0.25, -0.2) is 4.79 Å². The molecule has 0 saturated heterocycles. The molecule has 0 atom stereocenters. The van der Waals surface area contributed by atoms with Crippen LogP contribution in [0.5, 0.6) is 0 Å². The molecule has 0 aliphatic carbocycles. The molecule has 0 aromatic heterocycles. The molecule has 0 saturated carbocycles. The molecule has 0 spiro atoms. The maximum Gasteiger partial charge on any atom is 0.338 e. The van der Waals surface area contributed by atoms with E-state index in [1.165, 1.54) is 0 Å². The van der Waals surface area contributed by atoms with Gasteiger partial charge in [0, 0.05) is 0 Å². The van der Waals surface area contributed by atoms with Crippen LogP contribution in [-0.4, -0.2) is 16.7 Å². The number of hydrogen-bond donors (Lipinski definition) is 1. The summed E-state index contributed by atoms with van der Waals surface area (Å²) in [6.07, 6.45) is 0. The van der Waals surface area contributed by atoms with Crippen molar-refractivity contribution >= 4 is 5.97 Å². The second kappa shape index (κ2) is 6.55. The average Bonchev–Trinajstić information content (AvgIpc) is 2.46. The number of aryl methyl sites for hydroxylation is 2. The van der Waals surface area contributed by atoms with Crippen molar-refractivity contribution in [2.75, 3.05) is 0 Å². The Kier molecular flexibility index (Phi) is 4.90. The lowest BCUT2D eigenvalue weighted by molar-refractivity contribution is 0.00696. The van der Waals surface area contributed by atoms with E-state index in [-0.39, 0.29) is 12.6 Å². The van der Waals surface area contributed by atoms with Crippen molar-refractivity contribution in [3.8, 4) is 11.1 Å². The maximum absolute atomic E-state index is 12.3. The van der Waals surface area contributed by atoms with Gasteiger partial charge < -0.3 is 9.84 Å². The van der Waals surface area contributed by atoms with Crippen molar-refractivity contribution in [2.45, 2.75) is 46.8 Å². The number of rotatable bonds is 3. The zero-order chi connectivity index (χ0) is 17.2. The van der Waals surface area contributed by atoms with Gasteiger partial charge in [0.25, 0.3) is 0 Å². The first kappa shape index (κ1) is 17.2. The van der Waals surface area contributed by atoms with Crippen LogP contribution >= 0.6 is 0 Å². The van der Waals surface area contributed by atoms with E-state index in [4.69, 9.17) is 4.74 Å². The summed E-state index contributed by atoms with van der Waals surface area (Å²) >= 11 is 0. The Hall–Kier alpha value is -2.13. The Labute approximate surface area is 137 Å². The summed E-state index contributed by atoms with van der Waals surface area (Å²) in [5.74, 6) is -0.324. The van der Waals surface area contributed by atoms with Gasteiger partial charge in [0.05, 0.1) is 12.2 Å². The number of esters is 1. The summed E-state index contributed by atoms with van der Waals surface area (Å²) in [7, 11) is 0. The van der Waals surface area contributed by atoms with Crippen LogP contribution in [0, 0.1) is 13.8 Å². The lowest BCUT2D eigenvalue weighted by atomic mass is 9.93. The molecule has 0 aliphatic rings. The van der Waals surface area contributed by atoms with Crippen LogP contribution in [0.4, 0.5) is 0 Å². The largest absolute Gasteiger partial charge is 0.456 e. The fraction of sp³-hybridized carbons (Fsp3) is 0.350. The smallest absolute Gasteiger partial charge is 0.338 e. The maximum atomic E-state index is 12.3. The highest BCUT2D eigenvalue weighted by molar-refractivity contribution is 5.92. The number of benzene rings is 2. The Bertz CT molecular complexity index is 724. The van der Waals surface area contributed by atoms with Crippen molar-refractivity contribution in [1.82, 2.24) is 0 Å². The summed E-state index contributed by atoms with van der Waals surface area (Å²) in [6.45, 7) is 9.60. The van der Waals surface area contributed by atoms with E-state index < -0.39 is 5.60 Å². The number of hydrogen-bond acceptors (Lipinski definition) is 3. The highest BCUT2D eigenvalue weighted by atomic mass is 16.6. The molecule has 0 fully saturated rings. The lowest BCUT2D eigenvalue weighted by Crippen LogP contribution is -2.23. The minimum Gasteiger partial charge on any atom is -0.456 e. The predicted molar refractivity (Wildman–Crippen MR) is 92.4 cm³/mol. The predicted octanol–water partition coefficient (Wildman–Crippen LogP) is 4.42. The van der Waals surface area contributed by atoms with E-state index in [1.807, 2.05) is 65.0 Å².